The smallest absolute Gasteiger partial charge is 0.152 e. The lowest BCUT2D eigenvalue weighted by Crippen LogP contribution is -2.15. The van der Waals surface area contributed by atoms with Gasteiger partial charge >= 0.3 is 0 Å². The van der Waals surface area contributed by atoms with Crippen molar-refractivity contribution in [1.82, 2.24) is 19.7 Å². The van der Waals surface area contributed by atoms with Crippen LogP contribution in [0.5, 0.6) is 0 Å². The van der Waals surface area contributed by atoms with Gasteiger partial charge in [0.25, 0.3) is 0 Å². The van der Waals surface area contributed by atoms with Crippen molar-refractivity contribution >= 4 is 5.69 Å². The average Bonchev–Trinajstić information content (AvgIpc) is 2.88. The van der Waals surface area contributed by atoms with Crippen molar-refractivity contribution in [3.63, 3.8) is 0 Å². The Kier molecular flexibility index (Phi) is 3.57. The van der Waals surface area contributed by atoms with Gasteiger partial charge in [-0.3, -0.25) is 4.98 Å². The lowest BCUT2D eigenvalue weighted by molar-refractivity contribution is 0.510. The monoisotopic (exact) mass is 282 g/mol. The van der Waals surface area contributed by atoms with Gasteiger partial charge in [-0.1, -0.05) is 0 Å². The SMILES string of the molecule is Cc1cc(NCc2nnc3n2CCCC3)c(C#N)c(C)n1. The van der Waals surface area contributed by atoms with E-state index in [0.717, 1.165) is 41.7 Å². The summed E-state index contributed by atoms with van der Waals surface area (Å²) in [5, 5.41) is 21.1. The first kappa shape index (κ1) is 13.6. The van der Waals surface area contributed by atoms with Crippen LogP contribution in [0, 0.1) is 25.2 Å². The molecule has 0 aromatic carbocycles. The second-order valence-corrected chi connectivity index (χ2v) is 5.38. The molecule has 3 heterocycles. The van der Waals surface area contributed by atoms with Gasteiger partial charge < -0.3 is 9.88 Å². The molecule has 21 heavy (non-hydrogen) atoms. The average molecular weight is 282 g/mol. The van der Waals surface area contributed by atoms with Gasteiger partial charge in [0, 0.05) is 18.7 Å². The highest BCUT2D eigenvalue weighted by atomic mass is 15.3. The molecule has 2 aromatic heterocycles. The van der Waals surface area contributed by atoms with Gasteiger partial charge in [-0.05, 0) is 32.8 Å². The Balaban J connectivity index is 1.83. The van der Waals surface area contributed by atoms with Crippen molar-refractivity contribution < 1.29 is 0 Å². The van der Waals surface area contributed by atoms with Crippen LogP contribution in [0.4, 0.5) is 5.69 Å². The van der Waals surface area contributed by atoms with E-state index in [1.807, 2.05) is 19.9 Å². The number of rotatable bonds is 3. The van der Waals surface area contributed by atoms with Crippen LogP contribution in [0.15, 0.2) is 6.07 Å². The van der Waals surface area contributed by atoms with E-state index in [0.29, 0.717) is 12.1 Å². The number of nitriles is 1. The van der Waals surface area contributed by atoms with Crippen LogP contribution in [-0.4, -0.2) is 19.7 Å². The predicted octanol–water partition coefficient (Wildman–Crippen LogP) is 2.11. The molecule has 1 N–H and O–H groups in total. The normalized spacial score (nSPS) is 13.6. The fourth-order valence-corrected chi connectivity index (χ4v) is 2.78. The van der Waals surface area contributed by atoms with Crippen molar-refractivity contribution in [2.75, 3.05) is 5.32 Å². The van der Waals surface area contributed by atoms with E-state index in [4.69, 9.17) is 0 Å². The van der Waals surface area contributed by atoms with Crippen LogP contribution in [-0.2, 0) is 19.5 Å². The molecule has 1 aliphatic rings. The van der Waals surface area contributed by atoms with Crippen molar-refractivity contribution in [2.24, 2.45) is 0 Å². The third kappa shape index (κ3) is 2.59. The molecule has 0 bridgehead atoms. The van der Waals surface area contributed by atoms with E-state index in [-0.39, 0.29) is 0 Å². The van der Waals surface area contributed by atoms with Crippen LogP contribution < -0.4 is 5.32 Å². The van der Waals surface area contributed by atoms with Crippen molar-refractivity contribution in [3.05, 3.63) is 34.7 Å². The van der Waals surface area contributed by atoms with E-state index >= 15 is 0 Å². The lowest BCUT2D eigenvalue weighted by Gasteiger charge is -2.15. The zero-order chi connectivity index (χ0) is 14.8. The van der Waals surface area contributed by atoms with Gasteiger partial charge in [-0.25, -0.2) is 0 Å². The molecular formula is C15H18N6. The summed E-state index contributed by atoms with van der Waals surface area (Å²) in [6.07, 6.45) is 3.37. The maximum absolute atomic E-state index is 9.28. The predicted molar refractivity (Wildman–Crippen MR) is 78.7 cm³/mol. The zero-order valence-corrected chi connectivity index (χ0v) is 12.3. The third-order valence-corrected chi connectivity index (χ3v) is 3.81. The van der Waals surface area contributed by atoms with E-state index < -0.39 is 0 Å². The third-order valence-electron chi connectivity index (χ3n) is 3.81. The summed E-state index contributed by atoms with van der Waals surface area (Å²) >= 11 is 0. The second kappa shape index (κ2) is 5.52. The highest BCUT2D eigenvalue weighted by Gasteiger charge is 2.16. The fourth-order valence-electron chi connectivity index (χ4n) is 2.78. The number of aromatic nitrogens is 4. The topological polar surface area (TPSA) is 79.4 Å². The van der Waals surface area contributed by atoms with Crippen molar-refractivity contribution in [2.45, 2.75) is 46.2 Å². The maximum atomic E-state index is 9.28. The van der Waals surface area contributed by atoms with Crippen LogP contribution >= 0.6 is 0 Å². The Morgan fingerprint density at radius 2 is 2.19 bits per heavy atom. The Hall–Kier alpha value is -2.42. The summed E-state index contributed by atoms with van der Waals surface area (Å²) in [6, 6.07) is 4.12. The molecule has 6 heteroatoms. The molecule has 0 saturated carbocycles. The first-order chi connectivity index (χ1) is 10.2. The molecule has 0 atom stereocenters. The van der Waals surface area contributed by atoms with Gasteiger partial charge in [0.05, 0.1) is 23.5 Å². The largest absolute Gasteiger partial charge is 0.377 e. The van der Waals surface area contributed by atoms with E-state index in [2.05, 4.69) is 31.1 Å². The van der Waals surface area contributed by atoms with E-state index in [1.165, 1.54) is 12.8 Å². The molecule has 0 unspecified atom stereocenters. The number of aryl methyl sites for hydroxylation is 3. The molecule has 2 aromatic rings. The number of hydrogen-bond donors (Lipinski definition) is 1. The minimum absolute atomic E-state index is 0.574. The summed E-state index contributed by atoms with van der Waals surface area (Å²) in [7, 11) is 0. The van der Waals surface area contributed by atoms with Gasteiger partial charge in [-0.2, -0.15) is 5.26 Å². The molecule has 6 nitrogen and oxygen atoms in total. The molecule has 0 radical (unpaired) electrons. The Bertz CT molecular complexity index is 710. The van der Waals surface area contributed by atoms with Crippen LogP contribution in [0.1, 0.15) is 41.4 Å². The van der Waals surface area contributed by atoms with E-state index in [1.54, 1.807) is 0 Å². The first-order valence-electron chi connectivity index (χ1n) is 7.22. The Labute approximate surface area is 123 Å². The Morgan fingerprint density at radius 1 is 1.33 bits per heavy atom. The molecular weight excluding hydrogens is 264 g/mol. The fraction of sp³-hybridized carbons (Fsp3) is 0.467. The van der Waals surface area contributed by atoms with E-state index in [9.17, 15) is 5.26 Å². The highest BCUT2D eigenvalue weighted by Crippen LogP contribution is 2.20. The molecule has 0 fully saturated rings. The summed E-state index contributed by atoms with van der Waals surface area (Å²) in [6.45, 7) is 5.34. The molecule has 0 amide bonds. The quantitative estimate of drug-likeness (QED) is 0.932. The van der Waals surface area contributed by atoms with Gasteiger partial charge in [0.2, 0.25) is 0 Å². The van der Waals surface area contributed by atoms with Crippen molar-refractivity contribution in [1.29, 1.82) is 5.26 Å². The van der Waals surface area contributed by atoms with Crippen molar-refractivity contribution in [3.8, 4) is 6.07 Å². The minimum Gasteiger partial charge on any atom is -0.377 e. The molecule has 0 aliphatic carbocycles. The number of nitrogens with zero attached hydrogens (tertiary/aromatic N) is 5. The van der Waals surface area contributed by atoms with Crippen LogP contribution in [0.2, 0.25) is 0 Å². The zero-order valence-electron chi connectivity index (χ0n) is 12.3. The summed E-state index contributed by atoms with van der Waals surface area (Å²) in [4.78, 5) is 4.32. The standard InChI is InChI=1S/C15H18N6/c1-10-7-13(12(8-16)11(2)18-10)17-9-15-20-19-14-5-3-4-6-21(14)15/h7H,3-6,9H2,1-2H3,(H,17,18). The summed E-state index contributed by atoms with van der Waals surface area (Å²) in [5.41, 5.74) is 3.06. The number of nitrogens with one attached hydrogen (secondary N) is 1. The molecule has 0 saturated heterocycles. The summed E-state index contributed by atoms with van der Waals surface area (Å²) in [5.74, 6) is 2.00. The lowest BCUT2D eigenvalue weighted by atomic mass is 10.1. The van der Waals surface area contributed by atoms with Crippen LogP contribution in [0.3, 0.4) is 0 Å². The molecule has 3 rings (SSSR count). The Morgan fingerprint density at radius 3 is 3.00 bits per heavy atom. The van der Waals surface area contributed by atoms with Gasteiger partial charge in [0.1, 0.15) is 11.9 Å². The maximum Gasteiger partial charge on any atom is 0.152 e. The second-order valence-electron chi connectivity index (χ2n) is 5.38. The van der Waals surface area contributed by atoms with Gasteiger partial charge in [-0.15, -0.1) is 10.2 Å². The summed E-state index contributed by atoms with van der Waals surface area (Å²) < 4.78 is 2.18. The molecule has 1 aliphatic heterocycles. The highest BCUT2D eigenvalue weighted by molar-refractivity contribution is 5.59. The number of anilines is 1. The van der Waals surface area contributed by atoms with Gasteiger partial charge in [0.15, 0.2) is 5.82 Å². The molecule has 108 valence electrons. The number of pyridine rings is 1. The van der Waals surface area contributed by atoms with Crippen LogP contribution in [0.25, 0.3) is 0 Å². The number of fused-ring (bicyclic) bond motifs is 1. The first-order valence-corrected chi connectivity index (χ1v) is 7.22. The minimum atomic E-state index is 0.574. The molecule has 0 spiro atoms. The number of hydrogen-bond acceptors (Lipinski definition) is 5.